The van der Waals surface area contributed by atoms with Gasteiger partial charge in [0.1, 0.15) is 11.6 Å². The Balaban J connectivity index is 1.41. The van der Waals surface area contributed by atoms with E-state index < -0.39 is 0 Å². The zero-order valence-corrected chi connectivity index (χ0v) is 16.8. The van der Waals surface area contributed by atoms with E-state index >= 15 is 0 Å². The molecule has 0 saturated carbocycles. The second-order valence-electron chi connectivity index (χ2n) is 7.10. The first-order chi connectivity index (χ1) is 14.2. The molecule has 3 aromatic heterocycles. The van der Waals surface area contributed by atoms with Gasteiger partial charge in [-0.3, -0.25) is 4.79 Å². The third kappa shape index (κ3) is 3.38. The minimum absolute atomic E-state index is 0.120. The van der Waals surface area contributed by atoms with Crippen molar-refractivity contribution in [2.45, 2.75) is 32.6 Å². The number of anilines is 1. The molecular weight excluding hydrogens is 384 g/mol. The molecule has 146 valence electrons. The van der Waals surface area contributed by atoms with Crippen molar-refractivity contribution in [2.75, 3.05) is 5.32 Å². The molecule has 0 radical (unpaired) electrons. The van der Waals surface area contributed by atoms with Gasteiger partial charge < -0.3 is 9.73 Å². The van der Waals surface area contributed by atoms with E-state index in [1.165, 1.54) is 0 Å². The minimum Gasteiger partial charge on any atom is -0.440 e. The summed E-state index contributed by atoms with van der Waals surface area (Å²) in [6.45, 7) is 1.85. The van der Waals surface area contributed by atoms with Crippen molar-refractivity contribution in [1.82, 2.24) is 14.8 Å². The number of nitrogens with one attached hydrogen (secondary N) is 1. The van der Waals surface area contributed by atoms with Crippen molar-refractivity contribution >= 4 is 23.1 Å². The fourth-order valence-corrected chi connectivity index (χ4v) is 4.35. The normalized spacial score (nSPS) is 12.9. The minimum atomic E-state index is -0.120. The van der Waals surface area contributed by atoms with E-state index in [-0.39, 0.29) is 12.3 Å². The van der Waals surface area contributed by atoms with Gasteiger partial charge in [0.15, 0.2) is 0 Å². The Bertz CT molecular complexity index is 1160. The molecule has 3 heterocycles. The molecule has 0 aliphatic heterocycles. The van der Waals surface area contributed by atoms with Crippen LogP contribution in [0.3, 0.4) is 0 Å². The van der Waals surface area contributed by atoms with Gasteiger partial charge in [-0.1, -0.05) is 24.3 Å². The number of oxazole rings is 1. The van der Waals surface area contributed by atoms with Crippen LogP contribution in [0.15, 0.2) is 52.3 Å². The lowest BCUT2D eigenvalue weighted by atomic mass is 10.2. The van der Waals surface area contributed by atoms with Crippen molar-refractivity contribution in [2.24, 2.45) is 0 Å². The number of fused-ring (bicyclic) bond motifs is 1. The highest BCUT2D eigenvalue weighted by atomic mass is 32.1. The van der Waals surface area contributed by atoms with Crippen LogP contribution in [0.5, 0.6) is 0 Å². The lowest BCUT2D eigenvalue weighted by molar-refractivity contribution is -0.115. The zero-order chi connectivity index (χ0) is 19.8. The largest absolute Gasteiger partial charge is 0.440 e. The molecule has 0 spiro atoms. The molecular formula is C22H20N4O2S. The highest BCUT2D eigenvalue weighted by Gasteiger charge is 2.25. The molecule has 0 bridgehead atoms. The summed E-state index contributed by atoms with van der Waals surface area (Å²) in [5.74, 6) is 1.89. The van der Waals surface area contributed by atoms with Crippen molar-refractivity contribution in [3.05, 3.63) is 70.6 Å². The van der Waals surface area contributed by atoms with E-state index in [2.05, 4.69) is 10.3 Å². The second-order valence-corrected chi connectivity index (χ2v) is 8.05. The number of amides is 1. The Labute approximate surface area is 172 Å². The first kappa shape index (κ1) is 17.9. The number of hydrogen-bond acceptors (Lipinski definition) is 5. The third-order valence-electron chi connectivity index (χ3n) is 5.12. The van der Waals surface area contributed by atoms with E-state index in [4.69, 9.17) is 9.52 Å². The van der Waals surface area contributed by atoms with Crippen LogP contribution < -0.4 is 5.32 Å². The summed E-state index contributed by atoms with van der Waals surface area (Å²) in [6.07, 6.45) is 3.12. The van der Waals surface area contributed by atoms with Gasteiger partial charge in [0.05, 0.1) is 28.4 Å². The Morgan fingerprint density at radius 1 is 1.21 bits per heavy atom. The Morgan fingerprint density at radius 3 is 2.86 bits per heavy atom. The molecule has 0 atom stereocenters. The van der Waals surface area contributed by atoms with Gasteiger partial charge in [-0.05, 0) is 49.8 Å². The summed E-state index contributed by atoms with van der Waals surface area (Å²) in [5, 5.41) is 9.82. The first-order valence-electron chi connectivity index (χ1n) is 9.65. The Morgan fingerprint density at radius 2 is 2.07 bits per heavy atom. The number of hydrogen-bond donors (Lipinski definition) is 1. The average Bonchev–Trinajstić information content (AvgIpc) is 3.49. The Hall–Kier alpha value is -3.19. The van der Waals surface area contributed by atoms with E-state index in [0.717, 1.165) is 46.9 Å². The maximum absolute atomic E-state index is 12.9. The van der Waals surface area contributed by atoms with E-state index in [1.54, 1.807) is 11.3 Å². The molecule has 1 amide bonds. The van der Waals surface area contributed by atoms with E-state index in [0.29, 0.717) is 17.3 Å². The van der Waals surface area contributed by atoms with Crippen molar-refractivity contribution < 1.29 is 9.21 Å². The topological polar surface area (TPSA) is 73.0 Å². The molecule has 0 fully saturated rings. The molecule has 4 aromatic rings. The molecule has 1 N–H and O–H groups in total. The monoisotopic (exact) mass is 404 g/mol. The van der Waals surface area contributed by atoms with E-state index in [1.807, 2.05) is 59.5 Å². The smallest absolute Gasteiger partial charge is 0.236 e. The summed E-state index contributed by atoms with van der Waals surface area (Å²) >= 11 is 1.57. The molecule has 1 aliphatic carbocycles. The van der Waals surface area contributed by atoms with Crippen LogP contribution in [0.1, 0.15) is 29.1 Å². The molecule has 1 aliphatic rings. The molecule has 6 nitrogen and oxygen atoms in total. The van der Waals surface area contributed by atoms with Crippen LogP contribution in [0.4, 0.5) is 5.82 Å². The highest BCUT2D eigenvalue weighted by Crippen LogP contribution is 2.31. The van der Waals surface area contributed by atoms with Crippen molar-refractivity contribution in [3.8, 4) is 16.5 Å². The fraction of sp³-hybridized carbons (Fsp3) is 0.227. The third-order valence-corrected chi connectivity index (χ3v) is 5.98. The number of aryl methyl sites for hydroxylation is 2. The van der Waals surface area contributed by atoms with Crippen molar-refractivity contribution in [1.29, 1.82) is 0 Å². The molecule has 5 rings (SSSR count). The number of aromatic nitrogens is 3. The van der Waals surface area contributed by atoms with Crippen LogP contribution in [0, 0.1) is 6.92 Å². The number of carbonyl (C=O) groups is 1. The summed E-state index contributed by atoms with van der Waals surface area (Å²) in [5.41, 5.74) is 3.81. The number of carbonyl (C=O) groups excluding carboxylic acids is 1. The number of thiophene rings is 1. The maximum atomic E-state index is 12.9. The Kier molecular flexibility index (Phi) is 4.52. The summed E-state index contributed by atoms with van der Waals surface area (Å²) in [4.78, 5) is 18.4. The standard InChI is InChI=1S/C22H20N4O2S/c1-14-18(23-22(28-14)19-11-6-12-29-19)13-20(27)24-21-16-9-5-10-17(16)25-26(21)15-7-3-2-4-8-15/h2-4,6-8,11-12H,5,9-10,13H2,1H3,(H,24,27). The lowest BCUT2D eigenvalue weighted by Crippen LogP contribution is -2.18. The summed E-state index contributed by atoms with van der Waals surface area (Å²) in [6, 6.07) is 13.8. The number of rotatable bonds is 5. The first-order valence-corrected chi connectivity index (χ1v) is 10.5. The second kappa shape index (κ2) is 7.33. The molecule has 29 heavy (non-hydrogen) atoms. The summed E-state index contributed by atoms with van der Waals surface area (Å²) < 4.78 is 7.61. The SMILES string of the molecule is Cc1oc(-c2cccs2)nc1CC(=O)Nc1c2c(nn1-c1ccccc1)CCC2. The number of para-hydroxylation sites is 1. The van der Waals surface area contributed by atoms with Gasteiger partial charge in [0.25, 0.3) is 0 Å². The van der Waals surface area contributed by atoms with Crippen LogP contribution in [0.25, 0.3) is 16.5 Å². The van der Waals surface area contributed by atoms with Gasteiger partial charge in [0.2, 0.25) is 11.8 Å². The molecule has 7 heteroatoms. The number of nitrogens with zero attached hydrogens (tertiary/aromatic N) is 3. The highest BCUT2D eigenvalue weighted by molar-refractivity contribution is 7.13. The van der Waals surface area contributed by atoms with Crippen LogP contribution in [-0.2, 0) is 24.1 Å². The zero-order valence-electron chi connectivity index (χ0n) is 16.0. The predicted octanol–water partition coefficient (Wildman–Crippen LogP) is 4.57. The molecule has 0 saturated heterocycles. The fourth-order valence-electron chi connectivity index (χ4n) is 3.70. The van der Waals surface area contributed by atoms with Crippen LogP contribution in [-0.4, -0.2) is 20.7 Å². The summed E-state index contributed by atoms with van der Waals surface area (Å²) in [7, 11) is 0. The molecule has 1 aromatic carbocycles. The van der Waals surface area contributed by atoms with Crippen molar-refractivity contribution in [3.63, 3.8) is 0 Å². The van der Waals surface area contributed by atoms with Crippen LogP contribution >= 0.6 is 11.3 Å². The average molecular weight is 404 g/mol. The van der Waals surface area contributed by atoms with Crippen LogP contribution in [0.2, 0.25) is 0 Å². The van der Waals surface area contributed by atoms with Gasteiger partial charge in [0, 0.05) is 5.56 Å². The van der Waals surface area contributed by atoms with E-state index in [9.17, 15) is 4.79 Å². The van der Waals surface area contributed by atoms with Gasteiger partial charge in [-0.15, -0.1) is 11.3 Å². The van der Waals surface area contributed by atoms with Gasteiger partial charge >= 0.3 is 0 Å². The number of benzene rings is 1. The predicted molar refractivity (Wildman–Crippen MR) is 112 cm³/mol. The maximum Gasteiger partial charge on any atom is 0.236 e. The molecule has 0 unspecified atom stereocenters. The van der Waals surface area contributed by atoms with Gasteiger partial charge in [-0.2, -0.15) is 5.10 Å². The lowest BCUT2D eigenvalue weighted by Gasteiger charge is -2.10. The van der Waals surface area contributed by atoms with Gasteiger partial charge in [-0.25, -0.2) is 9.67 Å². The quantitative estimate of drug-likeness (QED) is 0.529.